The lowest BCUT2D eigenvalue weighted by Gasteiger charge is -2.26. The van der Waals surface area contributed by atoms with Crippen molar-refractivity contribution in [2.24, 2.45) is 4.15 Å². The van der Waals surface area contributed by atoms with Crippen LogP contribution in [0.5, 0.6) is 0 Å². The summed E-state index contributed by atoms with van der Waals surface area (Å²) in [6.45, 7) is 2.56. The van der Waals surface area contributed by atoms with E-state index in [-0.39, 0.29) is 5.11 Å². The summed E-state index contributed by atoms with van der Waals surface area (Å²) in [4.78, 5) is 0. The van der Waals surface area contributed by atoms with Crippen molar-refractivity contribution >= 4 is 50.5 Å². The summed E-state index contributed by atoms with van der Waals surface area (Å²) in [6, 6.07) is 28.7. The first-order valence-corrected chi connectivity index (χ1v) is 13.2. The van der Waals surface area contributed by atoms with Crippen molar-refractivity contribution in [1.82, 2.24) is 10.0 Å². The number of nitrogens with one attached hydrogen (secondary N) is 2. The van der Waals surface area contributed by atoms with Gasteiger partial charge in [0.1, 0.15) is 0 Å². The molecule has 156 valence electrons. The second kappa shape index (κ2) is 10.0. The monoisotopic (exact) mass is 457 g/mol. The molecule has 0 bridgehead atoms. The van der Waals surface area contributed by atoms with Gasteiger partial charge in [-0.25, -0.2) is 4.72 Å². The lowest BCUT2D eigenvalue weighted by atomic mass is 10.4. The minimum absolute atomic E-state index is 0.0490. The van der Waals surface area contributed by atoms with Crippen LogP contribution in [-0.2, 0) is 10.2 Å². The number of hydrogen-bond donors (Lipinski definition) is 2. The Kier molecular flexibility index (Phi) is 7.43. The smallest absolute Gasteiger partial charge is 0.343 e. The third-order valence-electron chi connectivity index (χ3n) is 4.38. The fourth-order valence-electron chi connectivity index (χ4n) is 3.09. The molecule has 0 unspecified atom stereocenters. The summed E-state index contributed by atoms with van der Waals surface area (Å²) in [7, 11) is -6.96. The number of thiocarbonyl (C=S) groups is 1. The normalized spacial score (nSPS) is 11.5. The molecule has 0 aliphatic heterocycles. The highest BCUT2D eigenvalue weighted by atomic mass is 32.2. The third kappa shape index (κ3) is 5.17. The molecule has 3 aromatic rings. The highest BCUT2D eigenvalue weighted by molar-refractivity contribution is 7.99. The van der Waals surface area contributed by atoms with Crippen molar-refractivity contribution < 1.29 is 8.42 Å². The molecule has 0 amide bonds. The van der Waals surface area contributed by atoms with E-state index in [9.17, 15) is 8.42 Å². The Morgan fingerprint density at radius 1 is 0.833 bits per heavy atom. The summed E-state index contributed by atoms with van der Waals surface area (Å²) in [5.74, 6) is 0. The van der Waals surface area contributed by atoms with Gasteiger partial charge in [0.15, 0.2) is 5.11 Å². The van der Waals surface area contributed by atoms with Gasteiger partial charge in [0, 0.05) is 22.5 Å². The lowest BCUT2D eigenvalue weighted by molar-refractivity contribution is 0.594. The Morgan fingerprint density at radius 3 is 1.60 bits per heavy atom. The lowest BCUT2D eigenvalue weighted by Crippen LogP contribution is -2.39. The average Bonchev–Trinajstić information content (AvgIpc) is 2.77. The molecule has 0 heterocycles. The minimum Gasteiger partial charge on any atom is -0.362 e. The first-order chi connectivity index (χ1) is 14.5. The predicted molar refractivity (Wildman–Crippen MR) is 131 cm³/mol. The Labute approximate surface area is 183 Å². The van der Waals surface area contributed by atoms with Gasteiger partial charge in [0.05, 0.1) is 7.05 Å². The molecule has 2 N–H and O–H groups in total. The van der Waals surface area contributed by atoms with Gasteiger partial charge in [-0.2, -0.15) is 12.6 Å². The van der Waals surface area contributed by atoms with E-state index in [4.69, 9.17) is 12.2 Å². The average molecular weight is 458 g/mol. The molecule has 8 heteroatoms. The van der Waals surface area contributed by atoms with E-state index in [1.807, 2.05) is 97.9 Å². The molecule has 30 heavy (non-hydrogen) atoms. The summed E-state index contributed by atoms with van der Waals surface area (Å²) in [6.07, 6.45) is 0.827. The van der Waals surface area contributed by atoms with Crippen molar-refractivity contribution in [2.45, 2.75) is 13.3 Å². The number of hydrogen-bond acceptors (Lipinski definition) is 3. The maximum Gasteiger partial charge on any atom is 0.343 e. The van der Waals surface area contributed by atoms with Crippen molar-refractivity contribution in [3.05, 3.63) is 91.0 Å². The molecule has 0 aliphatic carbocycles. The maximum atomic E-state index is 13.2. The topological polar surface area (TPSA) is 70.6 Å². The second-order valence-corrected chi connectivity index (χ2v) is 11.6. The van der Waals surface area contributed by atoms with E-state index in [1.165, 1.54) is 0 Å². The fourth-order valence-corrected chi connectivity index (χ4v) is 9.11. The first kappa shape index (κ1) is 22.2. The van der Waals surface area contributed by atoms with Crippen LogP contribution in [0.2, 0.25) is 0 Å². The van der Waals surface area contributed by atoms with Crippen molar-refractivity contribution in [3.8, 4) is 0 Å². The quantitative estimate of drug-likeness (QED) is 0.422. The first-order valence-electron chi connectivity index (χ1n) is 9.59. The standard InChI is InChI=1S/C22H24N3O2PS2/c1-2-18-23-22(29)24-30(26,27)25-28(19-12-6-3-7-13-19,20-14-8-4-9-15-20)21-16-10-5-11-17-21/h3-17H,2,18H2,1H3,(H2,23,24,29). The SMILES string of the molecule is CCCNC(=S)NS(=O)(=O)N=P(c1ccccc1)(c1ccccc1)c1ccccc1. The number of benzene rings is 3. The second-order valence-electron chi connectivity index (χ2n) is 6.56. The molecule has 0 saturated heterocycles. The van der Waals surface area contributed by atoms with E-state index in [0.29, 0.717) is 6.54 Å². The highest BCUT2D eigenvalue weighted by Crippen LogP contribution is 2.47. The predicted octanol–water partition coefficient (Wildman–Crippen LogP) is 3.28. The zero-order valence-electron chi connectivity index (χ0n) is 16.6. The highest BCUT2D eigenvalue weighted by Gasteiger charge is 2.30. The van der Waals surface area contributed by atoms with Crippen LogP contribution >= 0.6 is 19.3 Å². The summed E-state index contributed by atoms with van der Waals surface area (Å²) in [5, 5.41) is 5.48. The van der Waals surface area contributed by atoms with E-state index >= 15 is 0 Å². The number of nitrogens with zero attached hydrogens (tertiary/aromatic N) is 1. The van der Waals surface area contributed by atoms with Gasteiger partial charge in [0.25, 0.3) is 0 Å². The van der Waals surface area contributed by atoms with Gasteiger partial charge in [-0.15, -0.1) is 0 Å². The molecule has 0 aliphatic rings. The van der Waals surface area contributed by atoms with Gasteiger partial charge in [-0.3, -0.25) is 0 Å². The van der Waals surface area contributed by atoms with Crippen LogP contribution in [0, 0.1) is 0 Å². The molecular formula is C22H24N3O2PS2. The van der Waals surface area contributed by atoms with E-state index in [2.05, 4.69) is 14.2 Å². The molecule has 0 saturated carbocycles. The van der Waals surface area contributed by atoms with Gasteiger partial charge >= 0.3 is 10.2 Å². The number of rotatable bonds is 7. The van der Waals surface area contributed by atoms with Crippen LogP contribution < -0.4 is 26.0 Å². The molecule has 0 radical (unpaired) electrons. The van der Waals surface area contributed by atoms with Gasteiger partial charge < -0.3 is 5.32 Å². The van der Waals surface area contributed by atoms with Crippen molar-refractivity contribution in [3.63, 3.8) is 0 Å². The Bertz CT molecular complexity index is 1030. The summed E-state index contributed by atoms with van der Waals surface area (Å²) < 4.78 is 33.3. The van der Waals surface area contributed by atoms with Crippen LogP contribution in [0.1, 0.15) is 13.3 Å². The van der Waals surface area contributed by atoms with E-state index in [1.54, 1.807) is 0 Å². The van der Waals surface area contributed by atoms with Gasteiger partial charge in [0.2, 0.25) is 0 Å². The summed E-state index contributed by atoms with van der Waals surface area (Å²) >= 11 is 5.16. The Balaban J connectivity index is 2.29. The molecule has 3 rings (SSSR count). The summed E-state index contributed by atoms with van der Waals surface area (Å²) in [5.41, 5.74) is 0. The molecule has 0 aromatic heterocycles. The van der Waals surface area contributed by atoms with Gasteiger partial charge in [-0.1, -0.05) is 97.9 Å². The minimum atomic E-state index is -4.09. The third-order valence-corrected chi connectivity index (χ3v) is 10.2. The fraction of sp³-hybridized carbons (Fsp3) is 0.136. The Hall–Kier alpha value is -2.47. The van der Waals surface area contributed by atoms with Crippen LogP contribution in [0.15, 0.2) is 95.1 Å². The molecule has 0 spiro atoms. The van der Waals surface area contributed by atoms with Crippen LogP contribution in [0.25, 0.3) is 0 Å². The van der Waals surface area contributed by atoms with E-state index in [0.717, 1.165) is 22.3 Å². The van der Waals surface area contributed by atoms with Crippen LogP contribution in [-0.4, -0.2) is 20.1 Å². The zero-order chi connectivity index (χ0) is 21.5. The molecular weight excluding hydrogens is 433 g/mol. The van der Waals surface area contributed by atoms with Crippen molar-refractivity contribution in [2.75, 3.05) is 6.54 Å². The molecule has 3 aromatic carbocycles. The maximum absolute atomic E-state index is 13.2. The van der Waals surface area contributed by atoms with Crippen LogP contribution in [0.4, 0.5) is 0 Å². The Morgan fingerprint density at radius 2 is 1.23 bits per heavy atom. The molecule has 0 fully saturated rings. The van der Waals surface area contributed by atoms with E-state index < -0.39 is 17.3 Å². The van der Waals surface area contributed by atoms with Crippen LogP contribution in [0.3, 0.4) is 0 Å². The molecule has 0 atom stereocenters. The zero-order valence-corrected chi connectivity index (χ0v) is 19.1. The largest absolute Gasteiger partial charge is 0.362 e. The molecule has 5 nitrogen and oxygen atoms in total. The van der Waals surface area contributed by atoms with Gasteiger partial charge in [-0.05, 0) is 18.6 Å². The van der Waals surface area contributed by atoms with Crippen molar-refractivity contribution in [1.29, 1.82) is 0 Å².